The molecule has 0 saturated carbocycles. The molecule has 5 nitrogen and oxygen atoms in total. The molecule has 1 fully saturated rings. The van der Waals surface area contributed by atoms with Crippen LogP contribution in [0.5, 0.6) is 0 Å². The molecule has 2 atom stereocenters. The van der Waals surface area contributed by atoms with Gasteiger partial charge >= 0.3 is 0 Å². The van der Waals surface area contributed by atoms with Crippen molar-refractivity contribution in [1.29, 1.82) is 0 Å². The summed E-state index contributed by atoms with van der Waals surface area (Å²) in [5, 5.41) is 2.18. The Labute approximate surface area is 187 Å². The summed E-state index contributed by atoms with van der Waals surface area (Å²) in [7, 11) is 0. The lowest BCUT2D eigenvalue weighted by Gasteiger charge is -2.40. The molecular formula is C23H28ClN3O2S. The van der Waals surface area contributed by atoms with Crippen LogP contribution in [0.15, 0.2) is 41.8 Å². The summed E-state index contributed by atoms with van der Waals surface area (Å²) in [6, 6.07) is 13.0. The van der Waals surface area contributed by atoms with E-state index in [4.69, 9.17) is 11.6 Å². The number of thiophene rings is 1. The maximum atomic E-state index is 12.9. The van der Waals surface area contributed by atoms with Gasteiger partial charge in [-0.3, -0.25) is 14.5 Å². The molecule has 160 valence electrons. The van der Waals surface area contributed by atoms with Crippen LogP contribution in [0.2, 0.25) is 0 Å². The van der Waals surface area contributed by atoms with E-state index >= 15 is 0 Å². The molecule has 7 heteroatoms. The summed E-state index contributed by atoms with van der Waals surface area (Å²) >= 11 is 7.53. The number of carbonyl (C=O) groups is 2. The first-order valence-electron chi connectivity index (χ1n) is 10.6. The van der Waals surface area contributed by atoms with E-state index in [-0.39, 0.29) is 29.8 Å². The quantitative estimate of drug-likeness (QED) is 0.662. The van der Waals surface area contributed by atoms with Crippen LogP contribution in [0.4, 0.5) is 0 Å². The van der Waals surface area contributed by atoms with Gasteiger partial charge in [-0.05, 0) is 35.9 Å². The molecule has 0 radical (unpaired) electrons. The highest BCUT2D eigenvalue weighted by atomic mass is 35.5. The smallest absolute Gasteiger partial charge is 0.237 e. The number of amides is 2. The van der Waals surface area contributed by atoms with Gasteiger partial charge < -0.3 is 9.80 Å². The average molecular weight is 446 g/mol. The number of nitrogens with zero attached hydrogens (tertiary/aromatic N) is 3. The number of alkyl halides is 1. The van der Waals surface area contributed by atoms with E-state index in [2.05, 4.69) is 40.6 Å². The Hall–Kier alpha value is -1.89. The Balaban J connectivity index is 1.40. The molecule has 3 heterocycles. The van der Waals surface area contributed by atoms with Crippen LogP contribution >= 0.6 is 22.9 Å². The van der Waals surface area contributed by atoms with Crippen LogP contribution in [0.25, 0.3) is 0 Å². The Morgan fingerprint density at radius 3 is 2.63 bits per heavy atom. The molecule has 0 bridgehead atoms. The number of hydrogen-bond donors (Lipinski definition) is 0. The van der Waals surface area contributed by atoms with Crippen LogP contribution in [0.1, 0.15) is 35.4 Å². The Bertz CT molecular complexity index is 888. The van der Waals surface area contributed by atoms with Crippen LogP contribution in [0.3, 0.4) is 0 Å². The first kappa shape index (κ1) is 21.3. The van der Waals surface area contributed by atoms with Crippen molar-refractivity contribution in [3.05, 3.63) is 57.8 Å². The predicted octanol–water partition coefficient (Wildman–Crippen LogP) is 3.38. The first-order chi connectivity index (χ1) is 14.6. The standard InChI is InChI=1S/C23H28ClN3O2S/c1-17-16-26(12-13-27(17)22(29)15-24)21(28)8-11-25-10-7-20-19(9-14-30-20)23(25)18-5-3-2-4-6-18/h2-6,9,14,17,23H,7-8,10-13,15-16H2,1H3/t17-,23+/m0/s1. The van der Waals surface area contributed by atoms with Gasteiger partial charge in [-0.25, -0.2) is 0 Å². The van der Waals surface area contributed by atoms with Crippen molar-refractivity contribution >= 4 is 34.8 Å². The minimum absolute atomic E-state index is 0.00130. The van der Waals surface area contributed by atoms with E-state index in [1.807, 2.05) is 29.2 Å². The highest BCUT2D eigenvalue weighted by Crippen LogP contribution is 2.37. The van der Waals surface area contributed by atoms with E-state index < -0.39 is 0 Å². The lowest BCUT2D eigenvalue weighted by Crippen LogP contribution is -2.56. The lowest BCUT2D eigenvalue weighted by atomic mass is 9.93. The molecular weight excluding hydrogens is 418 g/mol. The van der Waals surface area contributed by atoms with Gasteiger partial charge in [0.25, 0.3) is 0 Å². The first-order valence-corrected chi connectivity index (χ1v) is 12.0. The second-order valence-corrected chi connectivity index (χ2v) is 9.33. The molecule has 2 aliphatic heterocycles. The third kappa shape index (κ3) is 4.41. The van der Waals surface area contributed by atoms with Gasteiger partial charge in [-0.2, -0.15) is 0 Å². The zero-order chi connectivity index (χ0) is 21.1. The maximum absolute atomic E-state index is 12.9. The normalized spacial score (nSPS) is 22.1. The van der Waals surface area contributed by atoms with Crippen molar-refractivity contribution in [2.45, 2.75) is 31.8 Å². The van der Waals surface area contributed by atoms with Gasteiger partial charge in [-0.15, -0.1) is 22.9 Å². The number of benzene rings is 1. The van der Waals surface area contributed by atoms with E-state index in [1.54, 1.807) is 4.90 Å². The maximum Gasteiger partial charge on any atom is 0.237 e. The van der Waals surface area contributed by atoms with Crippen molar-refractivity contribution in [2.24, 2.45) is 0 Å². The Morgan fingerprint density at radius 1 is 1.10 bits per heavy atom. The van der Waals surface area contributed by atoms with E-state index in [0.717, 1.165) is 19.5 Å². The summed E-state index contributed by atoms with van der Waals surface area (Å²) in [4.78, 5) is 32.5. The van der Waals surface area contributed by atoms with Crippen molar-refractivity contribution < 1.29 is 9.59 Å². The Morgan fingerprint density at radius 2 is 1.90 bits per heavy atom. The molecule has 30 heavy (non-hydrogen) atoms. The zero-order valence-electron chi connectivity index (χ0n) is 17.3. The van der Waals surface area contributed by atoms with Crippen LogP contribution in [-0.4, -0.2) is 71.2 Å². The topological polar surface area (TPSA) is 43.9 Å². The third-order valence-corrected chi connectivity index (χ3v) is 7.43. The predicted molar refractivity (Wildman–Crippen MR) is 121 cm³/mol. The van der Waals surface area contributed by atoms with Crippen LogP contribution < -0.4 is 0 Å². The minimum Gasteiger partial charge on any atom is -0.339 e. The molecule has 0 spiro atoms. The summed E-state index contributed by atoms with van der Waals surface area (Å²) < 4.78 is 0. The van der Waals surface area contributed by atoms with Crippen molar-refractivity contribution in [3.63, 3.8) is 0 Å². The van der Waals surface area contributed by atoms with E-state index in [9.17, 15) is 9.59 Å². The number of halogens is 1. The van der Waals surface area contributed by atoms with Crippen LogP contribution in [-0.2, 0) is 16.0 Å². The molecule has 0 aliphatic carbocycles. The van der Waals surface area contributed by atoms with Crippen molar-refractivity contribution in [3.8, 4) is 0 Å². The Kier molecular flexibility index (Phi) is 6.76. The van der Waals surface area contributed by atoms with E-state index in [1.165, 1.54) is 16.0 Å². The molecule has 2 amide bonds. The molecule has 2 aromatic rings. The molecule has 1 saturated heterocycles. The second-order valence-electron chi connectivity index (χ2n) is 8.06. The largest absolute Gasteiger partial charge is 0.339 e. The number of rotatable bonds is 5. The number of piperazine rings is 1. The zero-order valence-corrected chi connectivity index (χ0v) is 18.9. The number of carbonyl (C=O) groups excluding carboxylic acids is 2. The number of hydrogen-bond acceptors (Lipinski definition) is 4. The summed E-state index contributed by atoms with van der Waals surface area (Å²) in [5.41, 5.74) is 2.66. The summed E-state index contributed by atoms with van der Waals surface area (Å²) in [6.45, 7) is 5.42. The van der Waals surface area contributed by atoms with Crippen molar-refractivity contribution in [1.82, 2.24) is 14.7 Å². The van der Waals surface area contributed by atoms with Gasteiger partial charge in [0.15, 0.2) is 0 Å². The van der Waals surface area contributed by atoms with Gasteiger partial charge in [0, 0.05) is 50.1 Å². The highest BCUT2D eigenvalue weighted by Gasteiger charge is 2.32. The van der Waals surface area contributed by atoms with E-state index in [0.29, 0.717) is 26.1 Å². The van der Waals surface area contributed by atoms with Crippen molar-refractivity contribution in [2.75, 3.05) is 38.6 Å². The monoisotopic (exact) mass is 445 g/mol. The SMILES string of the molecule is C[C@H]1CN(C(=O)CCN2CCc3sccc3[C@H]2c2ccccc2)CCN1C(=O)CCl. The fourth-order valence-corrected chi connectivity index (χ4v) is 5.72. The van der Waals surface area contributed by atoms with Crippen LogP contribution in [0, 0.1) is 0 Å². The summed E-state index contributed by atoms with van der Waals surface area (Å²) in [6.07, 6.45) is 1.54. The highest BCUT2D eigenvalue weighted by molar-refractivity contribution is 7.10. The molecule has 0 unspecified atom stereocenters. The minimum atomic E-state index is -0.0538. The fraction of sp³-hybridized carbons (Fsp3) is 0.478. The molecule has 0 N–H and O–H groups in total. The molecule has 1 aromatic heterocycles. The summed E-state index contributed by atoms with van der Waals surface area (Å²) in [5.74, 6) is 0.114. The van der Waals surface area contributed by atoms with Gasteiger partial charge in [0.1, 0.15) is 5.88 Å². The second kappa shape index (κ2) is 9.50. The van der Waals surface area contributed by atoms with Gasteiger partial charge in [-0.1, -0.05) is 30.3 Å². The number of fused-ring (bicyclic) bond motifs is 1. The molecule has 2 aliphatic rings. The average Bonchev–Trinajstić information content (AvgIpc) is 3.25. The fourth-order valence-electron chi connectivity index (χ4n) is 4.66. The molecule has 4 rings (SSSR count). The lowest BCUT2D eigenvalue weighted by molar-refractivity contribution is -0.141. The van der Waals surface area contributed by atoms with Gasteiger partial charge in [0.2, 0.25) is 11.8 Å². The third-order valence-electron chi connectivity index (χ3n) is 6.21. The molecule has 1 aromatic carbocycles. The van der Waals surface area contributed by atoms with Gasteiger partial charge in [0.05, 0.1) is 6.04 Å².